The summed E-state index contributed by atoms with van der Waals surface area (Å²) in [6.07, 6.45) is 2.86. The zero-order chi connectivity index (χ0) is 17.2. The van der Waals surface area contributed by atoms with Gasteiger partial charge in [-0.25, -0.2) is 5.43 Å². The Balaban J connectivity index is 1.44. The zero-order valence-electron chi connectivity index (χ0n) is 14.0. The molecule has 1 fully saturated rings. The van der Waals surface area contributed by atoms with Gasteiger partial charge < -0.3 is 10.3 Å². The Bertz CT molecular complexity index is 831. The molecule has 1 aliphatic heterocycles. The minimum atomic E-state index is -0.297. The van der Waals surface area contributed by atoms with Gasteiger partial charge in [0.1, 0.15) is 5.56 Å². The van der Waals surface area contributed by atoms with Crippen LogP contribution in [0.3, 0.4) is 0 Å². The highest BCUT2D eigenvalue weighted by Crippen LogP contribution is 2.24. The molecule has 0 spiro atoms. The van der Waals surface area contributed by atoms with Gasteiger partial charge in [-0.1, -0.05) is 30.3 Å². The number of hydrazine groups is 1. The average Bonchev–Trinajstić information content (AvgIpc) is 3.28. The van der Waals surface area contributed by atoms with Crippen molar-refractivity contribution in [2.24, 2.45) is 5.92 Å². The third-order valence-electron chi connectivity index (χ3n) is 5.11. The van der Waals surface area contributed by atoms with E-state index in [0.717, 1.165) is 37.1 Å². The summed E-state index contributed by atoms with van der Waals surface area (Å²) in [5, 5.41) is 2.93. The third kappa shape index (κ3) is 3.23. The third-order valence-corrected chi connectivity index (χ3v) is 5.11. The molecule has 2 aliphatic rings. The predicted octanol–water partition coefficient (Wildman–Crippen LogP) is 1.06. The molecule has 2 aromatic rings. The SMILES string of the molecule is O=C(NCC1CNNC1c1ccccc1)c1cc2c([nH]c1=O)CCC2. The largest absolute Gasteiger partial charge is 0.351 e. The molecule has 6 nitrogen and oxygen atoms in total. The van der Waals surface area contributed by atoms with Crippen LogP contribution in [-0.4, -0.2) is 24.0 Å². The molecule has 25 heavy (non-hydrogen) atoms. The van der Waals surface area contributed by atoms with Gasteiger partial charge in [0.2, 0.25) is 0 Å². The highest BCUT2D eigenvalue weighted by molar-refractivity contribution is 5.94. The molecule has 1 amide bonds. The summed E-state index contributed by atoms with van der Waals surface area (Å²) in [5.74, 6) is -0.0745. The second-order valence-corrected chi connectivity index (χ2v) is 6.75. The van der Waals surface area contributed by atoms with Crippen LogP contribution in [0, 0.1) is 5.92 Å². The second-order valence-electron chi connectivity index (χ2n) is 6.75. The van der Waals surface area contributed by atoms with Crippen molar-refractivity contribution < 1.29 is 4.79 Å². The number of aromatic nitrogens is 1. The number of hydrogen-bond acceptors (Lipinski definition) is 4. The molecule has 4 rings (SSSR count). The molecule has 2 atom stereocenters. The topological polar surface area (TPSA) is 86.0 Å². The molecule has 130 valence electrons. The zero-order valence-corrected chi connectivity index (χ0v) is 14.0. The van der Waals surface area contributed by atoms with E-state index < -0.39 is 0 Å². The van der Waals surface area contributed by atoms with Gasteiger partial charge in [0.25, 0.3) is 11.5 Å². The fourth-order valence-electron chi connectivity index (χ4n) is 3.74. The number of pyridine rings is 1. The molecule has 1 saturated heterocycles. The van der Waals surface area contributed by atoms with Gasteiger partial charge in [-0.3, -0.25) is 15.0 Å². The number of nitrogens with one attached hydrogen (secondary N) is 4. The van der Waals surface area contributed by atoms with Crippen molar-refractivity contribution in [1.82, 2.24) is 21.2 Å². The lowest BCUT2D eigenvalue weighted by Gasteiger charge is -2.19. The van der Waals surface area contributed by atoms with Crippen LogP contribution in [0.4, 0.5) is 0 Å². The molecular formula is C19H22N4O2. The quantitative estimate of drug-likeness (QED) is 0.671. The van der Waals surface area contributed by atoms with Crippen molar-refractivity contribution in [2.75, 3.05) is 13.1 Å². The van der Waals surface area contributed by atoms with E-state index >= 15 is 0 Å². The first-order chi connectivity index (χ1) is 12.2. The molecule has 4 N–H and O–H groups in total. The molecule has 0 radical (unpaired) electrons. The monoisotopic (exact) mass is 338 g/mol. The predicted molar refractivity (Wildman–Crippen MR) is 95.2 cm³/mol. The van der Waals surface area contributed by atoms with E-state index in [1.54, 1.807) is 6.07 Å². The number of carbonyl (C=O) groups is 1. The smallest absolute Gasteiger partial charge is 0.261 e. The molecule has 0 saturated carbocycles. The number of hydrogen-bond donors (Lipinski definition) is 4. The van der Waals surface area contributed by atoms with Crippen LogP contribution >= 0.6 is 0 Å². The molecule has 0 bridgehead atoms. The second kappa shape index (κ2) is 6.82. The number of benzene rings is 1. The van der Waals surface area contributed by atoms with Crippen molar-refractivity contribution in [3.05, 3.63) is 69.1 Å². The number of fused-ring (bicyclic) bond motifs is 1. The van der Waals surface area contributed by atoms with Gasteiger partial charge in [-0.15, -0.1) is 0 Å². The molecule has 2 unspecified atom stereocenters. The lowest BCUT2D eigenvalue weighted by atomic mass is 9.95. The van der Waals surface area contributed by atoms with Crippen LogP contribution in [0.15, 0.2) is 41.2 Å². The van der Waals surface area contributed by atoms with E-state index in [0.29, 0.717) is 6.54 Å². The lowest BCUT2D eigenvalue weighted by Crippen LogP contribution is -2.35. The summed E-state index contributed by atoms with van der Waals surface area (Å²) >= 11 is 0. The Morgan fingerprint density at radius 1 is 1.20 bits per heavy atom. The Hall–Kier alpha value is -2.44. The van der Waals surface area contributed by atoms with E-state index in [9.17, 15) is 9.59 Å². The van der Waals surface area contributed by atoms with Gasteiger partial charge in [-0.05, 0) is 36.5 Å². The van der Waals surface area contributed by atoms with E-state index in [1.165, 1.54) is 5.56 Å². The molecule has 1 aliphatic carbocycles. The van der Waals surface area contributed by atoms with Crippen molar-refractivity contribution in [2.45, 2.75) is 25.3 Å². The van der Waals surface area contributed by atoms with Gasteiger partial charge in [0.15, 0.2) is 0 Å². The summed E-state index contributed by atoms with van der Waals surface area (Å²) in [4.78, 5) is 27.5. The van der Waals surface area contributed by atoms with E-state index in [4.69, 9.17) is 0 Å². The summed E-state index contributed by atoms with van der Waals surface area (Å²) in [6.45, 7) is 1.27. The Kier molecular flexibility index (Phi) is 4.38. The Morgan fingerprint density at radius 3 is 2.88 bits per heavy atom. The maximum Gasteiger partial charge on any atom is 0.261 e. The number of carbonyl (C=O) groups excluding carboxylic acids is 1. The van der Waals surface area contributed by atoms with Gasteiger partial charge in [-0.2, -0.15) is 0 Å². The molecule has 1 aromatic heterocycles. The molecule has 6 heteroatoms. The summed E-state index contributed by atoms with van der Waals surface area (Å²) in [7, 11) is 0. The first-order valence-corrected chi connectivity index (χ1v) is 8.79. The normalized spacial score (nSPS) is 21.9. The average molecular weight is 338 g/mol. The highest BCUT2D eigenvalue weighted by atomic mass is 16.2. The number of aromatic amines is 1. The first kappa shape index (κ1) is 16.1. The summed E-state index contributed by atoms with van der Waals surface area (Å²) in [6, 6.07) is 12.1. The number of aryl methyl sites for hydroxylation is 2. The number of rotatable bonds is 4. The Morgan fingerprint density at radius 2 is 2.04 bits per heavy atom. The van der Waals surface area contributed by atoms with E-state index in [-0.39, 0.29) is 29.0 Å². The lowest BCUT2D eigenvalue weighted by molar-refractivity contribution is 0.0945. The summed E-state index contributed by atoms with van der Waals surface area (Å²) in [5.41, 5.74) is 9.61. The molecular weight excluding hydrogens is 316 g/mol. The van der Waals surface area contributed by atoms with Crippen molar-refractivity contribution in [3.8, 4) is 0 Å². The van der Waals surface area contributed by atoms with Crippen molar-refractivity contribution in [1.29, 1.82) is 0 Å². The first-order valence-electron chi connectivity index (χ1n) is 8.79. The van der Waals surface area contributed by atoms with E-state index in [1.807, 2.05) is 18.2 Å². The summed E-state index contributed by atoms with van der Waals surface area (Å²) < 4.78 is 0. The number of H-pyrrole nitrogens is 1. The van der Waals surface area contributed by atoms with Crippen LogP contribution < -0.4 is 21.7 Å². The van der Waals surface area contributed by atoms with Crippen molar-refractivity contribution >= 4 is 5.91 Å². The highest BCUT2D eigenvalue weighted by Gasteiger charge is 2.28. The standard InChI is InChI=1S/C19H22N4O2/c24-18(15-9-13-7-4-8-16(13)22-19(15)25)20-10-14-11-21-23-17(14)12-5-2-1-3-6-12/h1-3,5-6,9,14,17,21,23H,4,7-8,10-11H2,(H,20,24)(H,22,25). The van der Waals surface area contributed by atoms with Gasteiger partial charge >= 0.3 is 0 Å². The minimum absolute atomic E-state index is 0.139. The van der Waals surface area contributed by atoms with Gasteiger partial charge in [0.05, 0.1) is 6.04 Å². The fraction of sp³-hybridized carbons (Fsp3) is 0.368. The van der Waals surface area contributed by atoms with Crippen LogP contribution in [0.25, 0.3) is 0 Å². The van der Waals surface area contributed by atoms with Gasteiger partial charge in [0, 0.05) is 24.7 Å². The van der Waals surface area contributed by atoms with Crippen LogP contribution in [0.5, 0.6) is 0 Å². The van der Waals surface area contributed by atoms with Crippen LogP contribution in [-0.2, 0) is 12.8 Å². The van der Waals surface area contributed by atoms with Crippen molar-refractivity contribution in [3.63, 3.8) is 0 Å². The molecule has 1 aromatic carbocycles. The number of amides is 1. The molecule has 2 heterocycles. The fourth-order valence-corrected chi connectivity index (χ4v) is 3.74. The maximum atomic E-state index is 12.5. The minimum Gasteiger partial charge on any atom is -0.351 e. The van der Waals surface area contributed by atoms with Crippen LogP contribution in [0.1, 0.15) is 39.6 Å². The van der Waals surface area contributed by atoms with Crippen LogP contribution in [0.2, 0.25) is 0 Å². The Labute approximate surface area is 146 Å². The van der Waals surface area contributed by atoms with E-state index in [2.05, 4.69) is 33.3 Å². The maximum absolute atomic E-state index is 12.5.